The Morgan fingerprint density at radius 3 is 2.37 bits per heavy atom. The molecule has 0 aliphatic rings. The monoisotopic (exact) mass is 493 g/mol. The fourth-order valence-corrected chi connectivity index (χ4v) is 3.05. The van der Waals surface area contributed by atoms with Crippen LogP contribution in [0.25, 0.3) is 11.3 Å². The maximum atomic E-state index is 13.4. The number of amides is 2. The Hall–Kier alpha value is -4.02. The lowest BCUT2D eigenvalue weighted by Crippen LogP contribution is -2.48. The molecule has 2 aromatic carbocycles. The van der Waals surface area contributed by atoms with Crippen LogP contribution in [0.15, 0.2) is 65.1 Å². The molecule has 0 saturated heterocycles. The Labute approximate surface area is 198 Å². The Morgan fingerprint density at radius 2 is 1.71 bits per heavy atom. The lowest BCUT2D eigenvalue weighted by atomic mass is 10.2. The molecule has 0 bridgehead atoms. The first-order valence-corrected chi connectivity index (χ1v) is 10.6. The van der Waals surface area contributed by atoms with Gasteiger partial charge in [-0.2, -0.15) is 0 Å². The molecule has 0 radical (unpaired) electrons. The van der Waals surface area contributed by atoms with Crippen molar-refractivity contribution in [2.24, 2.45) is 0 Å². The zero-order valence-electron chi connectivity index (χ0n) is 18.8. The molecule has 186 valence electrons. The van der Waals surface area contributed by atoms with Crippen LogP contribution in [0.2, 0.25) is 0 Å². The number of nitrogens with one attached hydrogen (secondary N) is 3. The van der Waals surface area contributed by atoms with E-state index in [2.05, 4.69) is 20.7 Å². The van der Waals surface area contributed by atoms with E-state index >= 15 is 0 Å². The van der Waals surface area contributed by atoms with Gasteiger partial charge in [-0.25, -0.2) is 4.39 Å². The number of anilines is 1. The molecule has 11 heteroatoms. The van der Waals surface area contributed by atoms with Crippen LogP contribution in [-0.4, -0.2) is 36.8 Å². The highest BCUT2D eigenvalue weighted by atomic mass is 19.4. The second-order valence-corrected chi connectivity index (χ2v) is 7.73. The number of carbonyl (C=O) groups is 2. The number of alkyl halides is 3. The van der Waals surface area contributed by atoms with E-state index in [0.717, 1.165) is 0 Å². The van der Waals surface area contributed by atoms with Gasteiger partial charge in [-0.3, -0.25) is 9.59 Å². The van der Waals surface area contributed by atoms with Crippen molar-refractivity contribution in [1.82, 2.24) is 10.6 Å². The van der Waals surface area contributed by atoms with E-state index in [1.54, 1.807) is 13.0 Å². The molecule has 35 heavy (non-hydrogen) atoms. The zero-order chi connectivity index (χ0) is 25.6. The molecule has 1 aromatic heterocycles. The number of carbonyl (C=O) groups excluding carboxylic acids is 2. The summed E-state index contributed by atoms with van der Waals surface area (Å²) in [6, 6.07) is 12.6. The van der Waals surface area contributed by atoms with Crippen LogP contribution in [0.5, 0.6) is 5.75 Å². The predicted molar refractivity (Wildman–Crippen MR) is 120 cm³/mol. The van der Waals surface area contributed by atoms with Gasteiger partial charge < -0.3 is 25.1 Å². The second kappa shape index (κ2) is 10.9. The third kappa shape index (κ3) is 7.76. The summed E-state index contributed by atoms with van der Waals surface area (Å²) in [6.07, 6.45) is -4.76. The molecule has 2 amide bonds. The average Bonchev–Trinajstić information content (AvgIpc) is 3.28. The summed E-state index contributed by atoms with van der Waals surface area (Å²) in [5.74, 6) is -1.55. The highest BCUT2D eigenvalue weighted by Crippen LogP contribution is 2.24. The number of hydrogen-bond donors (Lipinski definition) is 3. The quantitative estimate of drug-likeness (QED) is 0.375. The molecule has 7 nitrogen and oxygen atoms in total. The van der Waals surface area contributed by atoms with Crippen molar-refractivity contribution in [3.63, 3.8) is 0 Å². The second-order valence-electron chi connectivity index (χ2n) is 7.73. The van der Waals surface area contributed by atoms with Crippen molar-refractivity contribution < 1.29 is 36.3 Å². The van der Waals surface area contributed by atoms with Crippen molar-refractivity contribution >= 4 is 17.5 Å². The van der Waals surface area contributed by atoms with E-state index in [1.165, 1.54) is 61.5 Å². The molecule has 0 spiro atoms. The van der Waals surface area contributed by atoms with Crippen LogP contribution in [-0.2, 0) is 4.79 Å². The lowest BCUT2D eigenvalue weighted by molar-refractivity contribution is -0.274. The van der Waals surface area contributed by atoms with Crippen molar-refractivity contribution in [1.29, 1.82) is 0 Å². The van der Waals surface area contributed by atoms with E-state index in [0.29, 0.717) is 17.0 Å². The third-order valence-electron chi connectivity index (χ3n) is 4.77. The van der Waals surface area contributed by atoms with Crippen LogP contribution >= 0.6 is 0 Å². The zero-order valence-corrected chi connectivity index (χ0v) is 18.8. The molecule has 1 heterocycles. The van der Waals surface area contributed by atoms with E-state index in [1.807, 2.05) is 0 Å². The molecule has 0 unspecified atom stereocenters. The predicted octanol–water partition coefficient (Wildman–Crippen LogP) is 4.72. The van der Waals surface area contributed by atoms with E-state index < -0.39 is 30.0 Å². The first kappa shape index (κ1) is 25.6. The van der Waals surface area contributed by atoms with Crippen molar-refractivity contribution in [2.45, 2.75) is 32.3 Å². The molecule has 0 aliphatic heterocycles. The van der Waals surface area contributed by atoms with Crippen molar-refractivity contribution in [3.8, 4) is 17.1 Å². The number of halogens is 4. The van der Waals surface area contributed by atoms with Crippen LogP contribution in [0.3, 0.4) is 0 Å². The first-order chi connectivity index (χ1) is 16.5. The first-order valence-electron chi connectivity index (χ1n) is 10.6. The molecule has 3 N–H and O–H groups in total. The maximum absolute atomic E-state index is 13.4. The van der Waals surface area contributed by atoms with Gasteiger partial charge in [0.15, 0.2) is 5.76 Å². The SMILES string of the molecule is C[C@H](NC(=O)c1ccc(-c2cccc(F)c2)o1)C(=O)N[C@@H](C)CNc1ccc(OC(F)(F)F)cc1. The van der Waals surface area contributed by atoms with Gasteiger partial charge in [-0.15, -0.1) is 13.2 Å². The fraction of sp³-hybridized carbons (Fsp3) is 0.250. The minimum atomic E-state index is -4.76. The van der Waals surface area contributed by atoms with E-state index in [-0.39, 0.29) is 24.1 Å². The normalized spacial score (nSPS) is 13.0. The van der Waals surface area contributed by atoms with Gasteiger partial charge in [0, 0.05) is 23.8 Å². The fourth-order valence-electron chi connectivity index (χ4n) is 3.05. The molecular weight excluding hydrogens is 470 g/mol. The third-order valence-corrected chi connectivity index (χ3v) is 4.77. The van der Waals surface area contributed by atoms with Crippen molar-refractivity contribution in [3.05, 3.63) is 72.2 Å². The Bertz CT molecular complexity index is 1160. The van der Waals surface area contributed by atoms with Crippen LogP contribution in [0.4, 0.5) is 23.2 Å². The van der Waals surface area contributed by atoms with E-state index in [9.17, 15) is 27.2 Å². The standard InChI is InChI=1S/C24H23F4N3O4/c1-14(13-29-18-6-8-19(9-7-18)35-24(26,27)28)30-22(32)15(2)31-23(33)21-11-10-20(34-21)16-4-3-5-17(25)12-16/h3-12,14-15,29H,13H2,1-2H3,(H,30,32)(H,31,33)/t14-,15-/m0/s1. The van der Waals surface area contributed by atoms with Gasteiger partial charge in [0.25, 0.3) is 5.91 Å². The number of furan rings is 1. The van der Waals surface area contributed by atoms with Gasteiger partial charge in [-0.05, 0) is 62.4 Å². The lowest BCUT2D eigenvalue weighted by Gasteiger charge is -2.19. The minimum Gasteiger partial charge on any atom is -0.451 e. The smallest absolute Gasteiger partial charge is 0.451 e. The molecule has 3 rings (SSSR count). The molecule has 0 aliphatic carbocycles. The van der Waals surface area contributed by atoms with Gasteiger partial charge in [0.05, 0.1) is 0 Å². The summed E-state index contributed by atoms with van der Waals surface area (Å²) in [4.78, 5) is 24.9. The summed E-state index contributed by atoms with van der Waals surface area (Å²) in [6.45, 7) is 3.50. The molecule has 3 aromatic rings. The maximum Gasteiger partial charge on any atom is 0.573 e. The minimum absolute atomic E-state index is 0.0309. The number of rotatable bonds is 9. The largest absolute Gasteiger partial charge is 0.573 e. The highest BCUT2D eigenvalue weighted by Gasteiger charge is 2.31. The average molecular weight is 493 g/mol. The summed E-state index contributed by atoms with van der Waals surface area (Å²) >= 11 is 0. The van der Waals surface area contributed by atoms with Gasteiger partial charge >= 0.3 is 6.36 Å². The summed E-state index contributed by atoms with van der Waals surface area (Å²) in [5, 5.41) is 8.24. The Balaban J connectivity index is 1.46. The number of benzene rings is 2. The molecule has 0 saturated carbocycles. The highest BCUT2D eigenvalue weighted by molar-refractivity contribution is 5.95. The number of ether oxygens (including phenoxy) is 1. The Morgan fingerprint density at radius 1 is 1.00 bits per heavy atom. The van der Waals surface area contributed by atoms with Crippen LogP contribution in [0, 0.1) is 5.82 Å². The van der Waals surface area contributed by atoms with Crippen LogP contribution < -0.4 is 20.7 Å². The number of hydrogen-bond acceptors (Lipinski definition) is 5. The molecule has 2 atom stereocenters. The van der Waals surface area contributed by atoms with Crippen LogP contribution in [0.1, 0.15) is 24.4 Å². The van der Waals surface area contributed by atoms with Gasteiger partial charge in [0.1, 0.15) is 23.4 Å². The van der Waals surface area contributed by atoms with Gasteiger partial charge in [0.2, 0.25) is 5.91 Å². The van der Waals surface area contributed by atoms with Crippen molar-refractivity contribution in [2.75, 3.05) is 11.9 Å². The summed E-state index contributed by atoms with van der Waals surface area (Å²) < 4.78 is 59.3. The molecule has 0 fully saturated rings. The van der Waals surface area contributed by atoms with Gasteiger partial charge in [-0.1, -0.05) is 12.1 Å². The molecular formula is C24H23F4N3O4. The van der Waals surface area contributed by atoms with E-state index in [4.69, 9.17) is 4.42 Å². The summed E-state index contributed by atoms with van der Waals surface area (Å²) in [7, 11) is 0. The summed E-state index contributed by atoms with van der Waals surface area (Å²) in [5.41, 5.74) is 1.01. The topological polar surface area (TPSA) is 92.6 Å². The Kier molecular flexibility index (Phi) is 8.00.